The molecule has 0 bridgehead atoms. The van der Waals surface area contributed by atoms with Crippen LogP contribution in [0, 0.1) is 13.8 Å². The Kier molecular flexibility index (Phi) is 7.90. The van der Waals surface area contributed by atoms with Gasteiger partial charge in [-0.15, -0.1) is 0 Å². The first-order chi connectivity index (χ1) is 18.5. The molecule has 0 radical (unpaired) electrons. The fourth-order valence-electron chi connectivity index (χ4n) is 4.76. The smallest absolute Gasteiger partial charge is 0.308 e. The molecule has 0 aliphatic carbocycles. The fraction of sp³-hybridized carbons (Fsp3) is 0.281. The Bertz CT molecular complexity index is 1470. The zero-order valence-electron chi connectivity index (χ0n) is 23.1. The highest BCUT2D eigenvalue weighted by Crippen LogP contribution is 2.43. The molecule has 1 aliphatic rings. The third-order valence-electron chi connectivity index (χ3n) is 6.88. The molecule has 1 amide bonds. The molecular weight excluding hydrogens is 494 g/mol. The lowest BCUT2D eigenvalue weighted by Gasteiger charge is -2.26. The maximum Gasteiger partial charge on any atom is 0.308 e. The maximum atomic E-state index is 13.5. The average Bonchev–Trinajstić information content (AvgIpc) is 3.16. The second-order valence-corrected chi connectivity index (χ2v) is 9.94. The lowest BCUT2D eigenvalue weighted by molar-refractivity contribution is -0.132. The second kappa shape index (κ2) is 11.2. The number of amides is 1. The van der Waals surface area contributed by atoms with Crippen molar-refractivity contribution in [1.29, 1.82) is 0 Å². The highest BCUT2D eigenvalue weighted by atomic mass is 16.5. The first-order valence-corrected chi connectivity index (χ1v) is 13.0. The highest BCUT2D eigenvalue weighted by Gasteiger charge is 2.47. The predicted molar refractivity (Wildman–Crippen MR) is 150 cm³/mol. The van der Waals surface area contributed by atoms with E-state index in [4.69, 9.17) is 9.47 Å². The van der Waals surface area contributed by atoms with E-state index < -0.39 is 23.7 Å². The average molecular weight is 528 g/mol. The van der Waals surface area contributed by atoms with E-state index >= 15 is 0 Å². The quantitative estimate of drug-likeness (QED) is 0.126. The van der Waals surface area contributed by atoms with Crippen molar-refractivity contribution in [3.63, 3.8) is 0 Å². The number of anilines is 1. The molecule has 39 heavy (non-hydrogen) atoms. The van der Waals surface area contributed by atoms with Crippen molar-refractivity contribution in [1.82, 2.24) is 0 Å². The molecule has 4 rings (SSSR count). The van der Waals surface area contributed by atoms with Crippen LogP contribution in [0.1, 0.15) is 67.5 Å². The van der Waals surface area contributed by atoms with Crippen molar-refractivity contribution < 1.29 is 29.0 Å². The molecule has 0 aromatic heterocycles. The van der Waals surface area contributed by atoms with Gasteiger partial charge in [0.25, 0.3) is 11.7 Å². The Hall–Kier alpha value is -4.39. The Balaban J connectivity index is 1.92. The van der Waals surface area contributed by atoms with Gasteiger partial charge in [0.1, 0.15) is 17.3 Å². The van der Waals surface area contributed by atoms with Crippen LogP contribution in [0.3, 0.4) is 0 Å². The Morgan fingerprint density at radius 3 is 2.26 bits per heavy atom. The summed E-state index contributed by atoms with van der Waals surface area (Å²) in [7, 11) is 0. The summed E-state index contributed by atoms with van der Waals surface area (Å²) in [4.78, 5) is 39.9. The van der Waals surface area contributed by atoms with Gasteiger partial charge >= 0.3 is 5.97 Å². The number of carbonyl (C=O) groups is 3. The van der Waals surface area contributed by atoms with Crippen LogP contribution in [0.2, 0.25) is 0 Å². The maximum absolute atomic E-state index is 13.5. The largest absolute Gasteiger partial charge is 0.507 e. The van der Waals surface area contributed by atoms with E-state index in [1.54, 1.807) is 48.5 Å². The summed E-state index contributed by atoms with van der Waals surface area (Å²) in [5.74, 6) is -1.09. The van der Waals surface area contributed by atoms with E-state index in [9.17, 15) is 19.5 Å². The number of rotatable bonds is 7. The Morgan fingerprint density at radius 2 is 1.67 bits per heavy atom. The molecule has 202 valence electrons. The molecular formula is C32H33NO6. The van der Waals surface area contributed by atoms with Gasteiger partial charge in [-0.25, -0.2) is 0 Å². The molecule has 1 aliphatic heterocycles. The number of aliphatic hydroxyl groups is 1. The number of aliphatic hydroxyl groups excluding tert-OH is 1. The van der Waals surface area contributed by atoms with Crippen LogP contribution in [0.4, 0.5) is 5.69 Å². The van der Waals surface area contributed by atoms with Crippen LogP contribution < -0.4 is 14.4 Å². The van der Waals surface area contributed by atoms with E-state index in [1.807, 2.05) is 46.8 Å². The fourth-order valence-corrected chi connectivity index (χ4v) is 4.76. The molecule has 0 spiro atoms. The molecule has 1 saturated heterocycles. The van der Waals surface area contributed by atoms with Crippen LogP contribution in [-0.4, -0.2) is 29.4 Å². The summed E-state index contributed by atoms with van der Waals surface area (Å²) in [6, 6.07) is 16.5. The van der Waals surface area contributed by atoms with E-state index in [0.29, 0.717) is 34.9 Å². The predicted octanol–water partition coefficient (Wildman–Crippen LogP) is 6.38. The topological polar surface area (TPSA) is 93.1 Å². The van der Waals surface area contributed by atoms with Crippen molar-refractivity contribution in [3.05, 3.63) is 94.1 Å². The van der Waals surface area contributed by atoms with Gasteiger partial charge < -0.3 is 14.6 Å². The van der Waals surface area contributed by atoms with Gasteiger partial charge in [-0.3, -0.25) is 19.3 Å². The molecule has 3 aromatic carbocycles. The number of aryl methyl sites for hydroxylation is 2. The zero-order valence-corrected chi connectivity index (χ0v) is 23.1. The SMILES string of the molecule is CCOc1ccc(/C(O)=C2/C(=O)C(=O)N(c3ccc(C)c(C)c3)C2c2ccc(OC(C)=O)cc2)cc1C(C)C. The molecule has 3 aromatic rings. The van der Waals surface area contributed by atoms with Crippen molar-refractivity contribution in [2.24, 2.45) is 0 Å². The van der Waals surface area contributed by atoms with Crippen molar-refractivity contribution >= 4 is 29.1 Å². The molecule has 1 atom stereocenters. The van der Waals surface area contributed by atoms with Crippen LogP contribution in [0.5, 0.6) is 11.5 Å². The lowest BCUT2D eigenvalue weighted by atomic mass is 9.93. The minimum absolute atomic E-state index is 0.0164. The van der Waals surface area contributed by atoms with Crippen LogP contribution in [0.25, 0.3) is 5.76 Å². The number of carbonyl (C=O) groups excluding carboxylic acids is 3. The minimum Gasteiger partial charge on any atom is -0.507 e. The molecule has 7 nitrogen and oxygen atoms in total. The summed E-state index contributed by atoms with van der Waals surface area (Å²) in [6.07, 6.45) is 0. The number of benzene rings is 3. The van der Waals surface area contributed by atoms with E-state index in [2.05, 4.69) is 0 Å². The van der Waals surface area contributed by atoms with Gasteiger partial charge in [-0.1, -0.05) is 32.0 Å². The van der Waals surface area contributed by atoms with Gasteiger partial charge in [-0.2, -0.15) is 0 Å². The first-order valence-electron chi connectivity index (χ1n) is 13.0. The van der Waals surface area contributed by atoms with Crippen molar-refractivity contribution in [3.8, 4) is 11.5 Å². The van der Waals surface area contributed by atoms with Gasteiger partial charge in [0.05, 0.1) is 18.2 Å². The second-order valence-electron chi connectivity index (χ2n) is 9.94. The van der Waals surface area contributed by atoms with Crippen LogP contribution in [0.15, 0.2) is 66.2 Å². The summed E-state index contributed by atoms with van der Waals surface area (Å²) < 4.78 is 10.9. The van der Waals surface area contributed by atoms with Crippen LogP contribution in [-0.2, 0) is 14.4 Å². The Morgan fingerprint density at radius 1 is 0.974 bits per heavy atom. The number of ether oxygens (including phenoxy) is 2. The number of hydrogen-bond donors (Lipinski definition) is 1. The highest BCUT2D eigenvalue weighted by molar-refractivity contribution is 6.51. The third-order valence-corrected chi connectivity index (χ3v) is 6.88. The van der Waals surface area contributed by atoms with Gasteiger partial charge in [0.15, 0.2) is 0 Å². The number of nitrogens with zero attached hydrogens (tertiary/aromatic N) is 1. The van der Waals surface area contributed by atoms with E-state index in [0.717, 1.165) is 16.7 Å². The van der Waals surface area contributed by atoms with Crippen molar-refractivity contribution in [2.45, 2.75) is 53.5 Å². The normalized spacial score (nSPS) is 16.6. The summed E-state index contributed by atoms with van der Waals surface area (Å²) in [6.45, 7) is 11.7. The first kappa shape index (κ1) is 27.6. The lowest BCUT2D eigenvalue weighted by Crippen LogP contribution is -2.29. The Labute approximate surface area is 228 Å². The zero-order chi connectivity index (χ0) is 28.4. The summed E-state index contributed by atoms with van der Waals surface area (Å²) >= 11 is 0. The van der Waals surface area contributed by atoms with Crippen molar-refractivity contribution in [2.75, 3.05) is 11.5 Å². The van der Waals surface area contributed by atoms with Gasteiger partial charge in [0, 0.05) is 18.2 Å². The molecule has 7 heteroatoms. The minimum atomic E-state index is -0.896. The monoisotopic (exact) mass is 527 g/mol. The summed E-state index contributed by atoms with van der Waals surface area (Å²) in [5.41, 5.74) is 4.42. The third kappa shape index (κ3) is 5.43. The molecule has 0 saturated carbocycles. The number of Topliss-reactive ketones (excluding diaryl/α,β-unsaturated/α-hetero) is 1. The summed E-state index contributed by atoms with van der Waals surface area (Å²) in [5, 5.41) is 11.6. The van der Waals surface area contributed by atoms with Gasteiger partial charge in [0.2, 0.25) is 0 Å². The molecule has 1 N–H and O–H groups in total. The number of esters is 1. The van der Waals surface area contributed by atoms with E-state index in [1.165, 1.54) is 11.8 Å². The van der Waals surface area contributed by atoms with E-state index in [-0.39, 0.29) is 17.3 Å². The molecule has 1 unspecified atom stereocenters. The van der Waals surface area contributed by atoms with Gasteiger partial charge in [-0.05, 0) is 91.4 Å². The molecule has 1 fully saturated rings. The van der Waals surface area contributed by atoms with Crippen LogP contribution >= 0.6 is 0 Å². The number of hydrogen-bond acceptors (Lipinski definition) is 6. The molecule has 1 heterocycles. The standard InChI is InChI=1S/C32H33NO6/c1-7-38-27-15-11-23(17-26(27)18(2)3)30(35)28-29(22-9-13-25(14-10-22)39-21(6)34)33(32(37)31(28)36)24-12-8-19(4)20(5)16-24/h8-18,29,35H,7H2,1-6H3/b30-28-. The number of ketones is 1.